The van der Waals surface area contributed by atoms with Gasteiger partial charge in [-0.3, -0.25) is 0 Å². The van der Waals surface area contributed by atoms with Gasteiger partial charge in [0.1, 0.15) is 0 Å². The fourth-order valence-corrected chi connectivity index (χ4v) is 6.84. The van der Waals surface area contributed by atoms with Crippen molar-refractivity contribution < 1.29 is 30.0 Å². The first-order valence-electron chi connectivity index (χ1n) is 20.2. The quantitative estimate of drug-likeness (QED) is 0.0384. The van der Waals surface area contributed by atoms with Crippen LogP contribution in [0.5, 0.6) is 0 Å². The van der Waals surface area contributed by atoms with Gasteiger partial charge in [-0.2, -0.15) is 0 Å². The molecule has 0 fully saturated rings. The molecule has 2 unspecified atom stereocenters. The van der Waals surface area contributed by atoms with E-state index in [9.17, 15) is 30.0 Å². The van der Waals surface area contributed by atoms with E-state index in [0.717, 1.165) is 51.4 Å². The maximum atomic E-state index is 12.1. The Balaban J connectivity index is 0. The van der Waals surface area contributed by atoms with Crippen molar-refractivity contribution >= 4 is 41.5 Å². The summed E-state index contributed by atoms with van der Waals surface area (Å²) in [5.74, 6) is -3.29. The van der Waals surface area contributed by atoms with Crippen LogP contribution in [0.15, 0.2) is 0 Å². The summed E-state index contributed by atoms with van der Waals surface area (Å²) < 4.78 is 0. The van der Waals surface area contributed by atoms with Gasteiger partial charge >= 0.3 is 41.5 Å². The van der Waals surface area contributed by atoms with Crippen LogP contribution in [0.25, 0.3) is 0 Å². The van der Waals surface area contributed by atoms with Crippen LogP contribution in [0.3, 0.4) is 0 Å². The minimum absolute atomic E-state index is 0. The van der Waals surface area contributed by atoms with Crippen LogP contribution in [0, 0.1) is 0 Å². The molecule has 0 radical (unpaired) electrons. The molecule has 0 aromatic rings. The van der Waals surface area contributed by atoms with Gasteiger partial charge in [0.25, 0.3) is 0 Å². The van der Waals surface area contributed by atoms with Gasteiger partial charge in [-0.1, -0.05) is 206 Å². The van der Waals surface area contributed by atoms with E-state index in [0.29, 0.717) is 12.8 Å². The van der Waals surface area contributed by atoms with E-state index < -0.39 is 23.1 Å². The predicted molar refractivity (Wildman–Crippen MR) is 201 cm³/mol. The molecule has 2 atom stereocenters. The van der Waals surface area contributed by atoms with E-state index in [4.69, 9.17) is 0 Å². The van der Waals surface area contributed by atoms with E-state index in [-0.39, 0.29) is 42.4 Å². The number of hydrogen-bond donors (Lipinski definition) is 4. The Labute approximate surface area is 313 Å². The molecule has 0 aliphatic rings. The van der Waals surface area contributed by atoms with Crippen LogP contribution >= 0.6 is 0 Å². The zero-order chi connectivity index (χ0) is 34.2. The third kappa shape index (κ3) is 25.5. The Morgan fingerprint density at radius 3 is 0.638 bits per heavy atom. The van der Waals surface area contributed by atoms with Crippen LogP contribution in [0.4, 0.5) is 0 Å². The minimum atomic E-state index is -2.68. The summed E-state index contributed by atoms with van der Waals surface area (Å²) in [5.41, 5.74) is -5.35. The molecule has 7 heteroatoms. The molecule has 0 aliphatic carbocycles. The average molecular weight is 679 g/mol. The number of unbranched alkanes of at least 4 members (excludes halogenated alkanes) is 30. The molecule has 0 saturated heterocycles. The number of carboxylic acids is 2. The van der Waals surface area contributed by atoms with Gasteiger partial charge in [0.2, 0.25) is 11.2 Å². The first-order chi connectivity index (χ1) is 22.3. The van der Waals surface area contributed by atoms with Gasteiger partial charge in [-0.15, -0.1) is 0 Å². The van der Waals surface area contributed by atoms with Crippen LogP contribution in [-0.4, -0.2) is 73.1 Å². The van der Waals surface area contributed by atoms with Crippen molar-refractivity contribution in [1.82, 2.24) is 0 Å². The summed E-state index contributed by atoms with van der Waals surface area (Å²) >= 11 is 0. The number of carboxylic acid groups (broad SMARTS) is 2. The van der Waals surface area contributed by atoms with Gasteiger partial charge in [0.05, 0.1) is 0 Å². The van der Waals surface area contributed by atoms with Crippen LogP contribution in [0.1, 0.15) is 232 Å². The fourth-order valence-electron chi connectivity index (χ4n) is 6.84. The first-order valence-corrected chi connectivity index (χ1v) is 20.2. The first kappa shape index (κ1) is 49.0. The number of aliphatic carboxylic acids is 2. The molecule has 0 aliphatic heterocycles. The molecule has 47 heavy (non-hydrogen) atoms. The maximum absolute atomic E-state index is 12.1. The molecule has 0 rings (SSSR count). The molecule has 0 amide bonds. The number of hydrogen-bond acceptors (Lipinski definition) is 4. The van der Waals surface area contributed by atoms with Crippen molar-refractivity contribution in [2.24, 2.45) is 0 Å². The Morgan fingerprint density at radius 1 is 0.340 bits per heavy atom. The van der Waals surface area contributed by atoms with Crippen molar-refractivity contribution in [3.63, 3.8) is 0 Å². The summed E-state index contributed by atoms with van der Waals surface area (Å²) in [7, 11) is 0. The molecular weight excluding hydrogens is 599 g/mol. The standard InChI is InChI=1S/C40H78O6.Na.H/c1-3-5-7-9-11-13-15-17-19-21-23-25-27-29-31-33-35-39(45,37(41)42)40(46,38(43)44)36-34-32-30-28-26-24-22-20-18-16-14-12-10-8-6-4-2;;/h45-46H,3-36H2,1-2H3,(H,41,42)(H,43,44);;. The summed E-state index contributed by atoms with van der Waals surface area (Å²) in [6.45, 7) is 4.51. The van der Waals surface area contributed by atoms with Crippen molar-refractivity contribution in [3.8, 4) is 0 Å². The van der Waals surface area contributed by atoms with Gasteiger partial charge in [0.15, 0.2) is 0 Å². The Kier molecular flexibility index (Phi) is 35.8. The average Bonchev–Trinajstić information content (AvgIpc) is 3.03. The number of rotatable bonds is 37. The molecule has 0 aromatic carbocycles. The zero-order valence-corrected chi connectivity index (χ0v) is 30.6. The second-order valence-corrected chi connectivity index (χ2v) is 14.4. The third-order valence-corrected chi connectivity index (χ3v) is 10.2. The van der Waals surface area contributed by atoms with E-state index in [1.54, 1.807) is 0 Å². The molecule has 276 valence electrons. The molecular formula is C40H79NaO6. The fraction of sp³-hybridized carbons (Fsp3) is 0.950. The second kappa shape index (κ2) is 34.3. The summed E-state index contributed by atoms with van der Waals surface area (Å²) in [6.07, 6.45) is 37.3. The number of aliphatic hydroxyl groups is 2. The van der Waals surface area contributed by atoms with E-state index in [2.05, 4.69) is 13.8 Å². The van der Waals surface area contributed by atoms with Crippen LogP contribution < -0.4 is 0 Å². The SMILES string of the molecule is CCCCCCCCCCCCCCCCCCC(O)(C(=O)O)C(O)(CCCCCCCCCCCCCCCCCC)C(=O)O.[NaH]. The summed E-state index contributed by atoms with van der Waals surface area (Å²) in [6, 6.07) is 0. The monoisotopic (exact) mass is 679 g/mol. The Bertz CT molecular complexity index is 646. The van der Waals surface area contributed by atoms with Gasteiger partial charge < -0.3 is 20.4 Å². The molecule has 4 N–H and O–H groups in total. The van der Waals surface area contributed by atoms with Crippen LogP contribution in [0.2, 0.25) is 0 Å². The Hall–Kier alpha value is -0.140. The van der Waals surface area contributed by atoms with Crippen molar-refractivity contribution in [1.29, 1.82) is 0 Å². The molecule has 0 bridgehead atoms. The molecule has 0 aromatic heterocycles. The van der Waals surface area contributed by atoms with Crippen molar-refractivity contribution in [2.75, 3.05) is 0 Å². The van der Waals surface area contributed by atoms with Crippen molar-refractivity contribution in [2.45, 2.75) is 243 Å². The van der Waals surface area contributed by atoms with Gasteiger partial charge in [-0.25, -0.2) is 9.59 Å². The molecule has 0 spiro atoms. The van der Waals surface area contributed by atoms with Crippen LogP contribution in [-0.2, 0) is 9.59 Å². The normalized spacial score (nSPS) is 14.0. The van der Waals surface area contributed by atoms with E-state index in [1.807, 2.05) is 0 Å². The van der Waals surface area contributed by atoms with E-state index in [1.165, 1.54) is 141 Å². The zero-order valence-electron chi connectivity index (χ0n) is 30.6. The predicted octanol–water partition coefficient (Wildman–Crippen LogP) is 11.3. The Morgan fingerprint density at radius 2 is 0.489 bits per heavy atom. The topological polar surface area (TPSA) is 115 Å². The second-order valence-electron chi connectivity index (χ2n) is 14.4. The molecule has 0 saturated carbocycles. The van der Waals surface area contributed by atoms with Crippen molar-refractivity contribution in [3.05, 3.63) is 0 Å². The molecule has 0 heterocycles. The molecule has 6 nitrogen and oxygen atoms in total. The number of carbonyl (C=O) groups is 2. The van der Waals surface area contributed by atoms with Gasteiger partial charge in [0, 0.05) is 0 Å². The third-order valence-electron chi connectivity index (χ3n) is 10.2. The van der Waals surface area contributed by atoms with Gasteiger partial charge in [-0.05, 0) is 25.7 Å². The summed E-state index contributed by atoms with van der Waals surface area (Å²) in [4.78, 5) is 24.1. The summed E-state index contributed by atoms with van der Waals surface area (Å²) in [5, 5.41) is 41.6. The van der Waals surface area contributed by atoms with E-state index >= 15 is 0 Å².